The summed E-state index contributed by atoms with van der Waals surface area (Å²) in [4.78, 5) is 24.3. The molecule has 1 aromatic carbocycles. The highest BCUT2D eigenvalue weighted by molar-refractivity contribution is 7.15. The van der Waals surface area contributed by atoms with Crippen molar-refractivity contribution in [3.8, 4) is 0 Å². The molecule has 0 saturated carbocycles. The molecule has 2 aromatic heterocycles. The SMILES string of the molecule is COC(=O)c1cn(CC(=O)Nc2nnc(C(C)C)s2)c2ccccc12. The van der Waals surface area contributed by atoms with Crippen molar-refractivity contribution in [2.24, 2.45) is 0 Å². The third-order valence-electron chi connectivity index (χ3n) is 3.69. The van der Waals surface area contributed by atoms with Crippen molar-refractivity contribution in [2.45, 2.75) is 26.3 Å². The minimum Gasteiger partial charge on any atom is -0.465 e. The van der Waals surface area contributed by atoms with Crippen molar-refractivity contribution in [1.82, 2.24) is 14.8 Å². The zero-order valence-corrected chi connectivity index (χ0v) is 15.0. The quantitative estimate of drug-likeness (QED) is 0.709. The summed E-state index contributed by atoms with van der Waals surface area (Å²) in [7, 11) is 1.34. The van der Waals surface area contributed by atoms with Crippen LogP contribution in [0.25, 0.3) is 10.9 Å². The van der Waals surface area contributed by atoms with E-state index in [1.54, 1.807) is 10.8 Å². The van der Waals surface area contributed by atoms with Crippen molar-refractivity contribution < 1.29 is 14.3 Å². The molecule has 0 radical (unpaired) electrons. The Morgan fingerprint density at radius 1 is 1.28 bits per heavy atom. The molecule has 0 aliphatic carbocycles. The summed E-state index contributed by atoms with van der Waals surface area (Å²) >= 11 is 1.36. The van der Waals surface area contributed by atoms with Gasteiger partial charge < -0.3 is 9.30 Å². The first-order chi connectivity index (χ1) is 12.0. The molecule has 0 unspecified atom stereocenters. The first kappa shape index (κ1) is 17.1. The lowest BCUT2D eigenvalue weighted by Gasteiger charge is -2.04. The molecular weight excluding hydrogens is 340 g/mol. The zero-order valence-electron chi connectivity index (χ0n) is 14.1. The van der Waals surface area contributed by atoms with Gasteiger partial charge in [-0.3, -0.25) is 10.1 Å². The lowest BCUT2D eigenvalue weighted by Crippen LogP contribution is -2.18. The van der Waals surface area contributed by atoms with Crippen molar-refractivity contribution >= 4 is 39.2 Å². The minimum atomic E-state index is -0.430. The van der Waals surface area contributed by atoms with Gasteiger partial charge in [0.15, 0.2) is 0 Å². The summed E-state index contributed by atoms with van der Waals surface area (Å²) in [6, 6.07) is 7.39. The molecule has 0 bridgehead atoms. The second-order valence-corrected chi connectivity index (χ2v) is 6.84. The highest BCUT2D eigenvalue weighted by Crippen LogP contribution is 2.24. The summed E-state index contributed by atoms with van der Waals surface area (Å²) in [5.41, 5.74) is 1.22. The number of hydrogen-bond donors (Lipinski definition) is 1. The van der Waals surface area contributed by atoms with Gasteiger partial charge in [-0.1, -0.05) is 43.4 Å². The summed E-state index contributed by atoms with van der Waals surface area (Å²) < 4.78 is 6.54. The molecule has 3 rings (SSSR count). The number of benzene rings is 1. The second kappa shape index (κ2) is 7.02. The van der Waals surface area contributed by atoms with Gasteiger partial charge in [0.1, 0.15) is 11.6 Å². The number of para-hydroxylation sites is 1. The number of hydrogen-bond acceptors (Lipinski definition) is 6. The smallest absolute Gasteiger partial charge is 0.340 e. The van der Waals surface area contributed by atoms with E-state index in [-0.39, 0.29) is 18.4 Å². The van der Waals surface area contributed by atoms with Gasteiger partial charge in [-0.05, 0) is 6.07 Å². The lowest BCUT2D eigenvalue weighted by molar-refractivity contribution is -0.116. The number of rotatable bonds is 5. The third-order valence-corrected chi connectivity index (χ3v) is 4.83. The summed E-state index contributed by atoms with van der Waals surface area (Å²) in [6.07, 6.45) is 1.63. The number of nitrogens with one attached hydrogen (secondary N) is 1. The molecule has 8 heteroatoms. The molecule has 3 aromatic rings. The standard InChI is InChI=1S/C17H18N4O3S/c1-10(2)15-19-20-17(25-15)18-14(22)9-21-8-12(16(23)24-3)11-6-4-5-7-13(11)21/h4-8,10H,9H2,1-3H3,(H,18,20,22). The van der Waals surface area contributed by atoms with Crippen molar-refractivity contribution in [1.29, 1.82) is 0 Å². The molecule has 0 aliphatic rings. The van der Waals surface area contributed by atoms with E-state index in [1.807, 2.05) is 38.1 Å². The number of fused-ring (bicyclic) bond motifs is 1. The van der Waals surface area contributed by atoms with Crippen LogP contribution >= 0.6 is 11.3 Å². The minimum absolute atomic E-state index is 0.0636. The normalized spacial score (nSPS) is 11.0. The van der Waals surface area contributed by atoms with Crippen LogP contribution in [0.15, 0.2) is 30.5 Å². The van der Waals surface area contributed by atoms with Crippen LogP contribution in [0.4, 0.5) is 5.13 Å². The predicted molar refractivity (Wildman–Crippen MR) is 95.9 cm³/mol. The average molecular weight is 358 g/mol. The maximum absolute atomic E-state index is 12.3. The van der Waals surface area contributed by atoms with Crippen molar-refractivity contribution in [3.63, 3.8) is 0 Å². The molecule has 0 saturated heterocycles. The molecular formula is C17H18N4O3S. The van der Waals surface area contributed by atoms with E-state index >= 15 is 0 Å². The van der Waals surface area contributed by atoms with Crippen LogP contribution in [0.1, 0.15) is 35.1 Å². The molecule has 0 fully saturated rings. The number of nitrogens with zero attached hydrogens (tertiary/aromatic N) is 3. The molecule has 25 heavy (non-hydrogen) atoms. The highest BCUT2D eigenvalue weighted by Gasteiger charge is 2.17. The zero-order chi connectivity index (χ0) is 18.0. The summed E-state index contributed by atoms with van der Waals surface area (Å²) in [5, 5.41) is 12.9. The van der Waals surface area contributed by atoms with Crippen molar-refractivity contribution in [2.75, 3.05) is 12.4 Å². The number of amides is 1. The molecule has 0 spiro atoms. The van der Waals surface area contributed by atoms with E-state index in [4.69, 9.17) is 4.74 Å². The number of methoxy groups -OCH3 is 1. The molecule has 1 amide bonds. The van der Waals surface area contributed by atoms with Gasteiger partial charge in [-0.15, -0.1) is 10.2 Å². The van der Waals surface area contributed by atoms with Crippen LogP contribution < -0.4 is 5.32 Å². The maximum atomic E-state index is 12.3. The van der Waals surface area contributed by atoms with Gasteiger partial charge in [0.05, 0.1) is 12.7 Å². The van der Waals surface area contributed by atoms with Crippen LogP contribution in [-0.4, -0.2) is 33.8 Å². The van der Waals surface area contributed by atoms with Crippen LogP contribution in [0.5, 0.6) is 0 Å². The van der Waals surface area contributed by atoms with E-state index in [1.165, 1.54) is 18.4 Å². The molecule has 0 aliphatic heterocycles. The summed E-state index contributed by atoms with van der Waals surface area (Å²) in [5.74, 6) is -0.399. The Morgan fingerprint density at radius 3 is 2.72 bits per heavy atom. The number of anilines is 1. The Hall–Kier alpha value is -2.74. The van der Waals surface area contributed by atoms with E-state index in [0.29, 0.717) is 10.7 Å². The Kier molecular flexibility index (Phi) is 4.80. The number of carbonyl (C=O) groups excluding carboxylic acids is 2. The van der Waals surface area contributed by atoms with Crippen molar-refractivity contribution in [3.05, 3.63) is 41.0 Å². The Balaban J connectivity index is 1.82. The molecule has 0 atom stereocenters. The first-order valence-corrected chi connectivity index (χ1v) is 8.60. The number of ether oxygens (including phenoxy) is 1. The maximum Gasteiger partial charge on any atom is 0.340 e. The van der Waals surface area contributed by atoms with Crippen LogP contribution in [0.2, 0.25) is 0 Å². The molecule has 2 heterocycles. The largest absolute Gasteiger partial charge is 0.465 e. The van der Waals surface area contributed by atoms with E-state index in [9.17, 15) is 9.59 Å². The summed E-state index contributed by atoms with van der Waals surface area (Å²) in [6.45, 7) is 4.10. The number of aromatic nitrogens is 3. The first-order valence-electron chi connectivity index (χ1n) is 7.79. The van der Waals surface area contributed by atoms with E-state index in [2.05, 4.69) is 15.5 Å². The predicted octanol–water partition coefficient (Wildman–Crippen LogP) is 3.04. The Labute approximate surface area is 148 Å². The van der Waals surface area contributed by atoms with E-state index < -0.39 is 5.97 Å². The van der Waals surface area contributed by atoms with E-state index in [0.717, 1.165) is 15.9 Å². The van der Waals surface area contributed by atoms with Gasteiger partial charge in [-0.2, -0.15) is 0 Å². The topological polar surface area (TPSA) is 86.1 Å². The molecule has 7 nitrogen and oxygen atoms in total. The molecule has 1 N–H and O–H groups in total. The Morgan fingerprint density at radius 2 is 2.04 bits per heavy atom. The number of esters is 1. The van der Waals surface area contributed by atoms with Gasteiger partial charge in [0, 0.05) is 23.0 Å². The van der Waals surface area contributed by atoms with Crippen LogP contribution in [0.3, 0.4) is 0 Å². The average Bonchev–Trinajstić information content (AvgIpc) is 3.20. The fourth-order valence-electron chi connectivity index (χ4n) is 2.48. The van der Waals surface area contributed by atoms with Gasteiger partial charge in [-0.25, -0.2) is 4.79 Å². The lowest BCUT2D eigenvalue weighted by atomic mass is 10.2. The van der Waals surface area contributed by atoms with Gasteiger partial charge in [0.2, 0.25) is 11.0 Å². The fourth-order valence-corrected chi connectivity index (χ4v) is 3.24. The highest BCUT2D eigenvalue weighted by atomic mass is 32.1. The van der Waals surface area contributed by atoms with Crippen LogP contribution in [-0.2, 0) is 16.1 Å². The number of carbonyl (C=O) groups is 2. The second-order valence-electron chi connectivity index (χ2n) is 5.83. The van der Waals surface area contributed by atoms with Gasteiger partial charge >= 0.3 is 5.97 Å². The fraction of sp³-hybridized carbons (Fsp3) is 0.294. The molecule has 130 valence electrons. The van der Waals surface area contributed by atoms with Crippen LogP contribution in [0, 0.1) is 0 Å². The monoisotopic (exact) mass is 358 g/mol. The Bertz CT molecular complexity index is 929. The van der Waals surface area contributed by atoms with Gasteiger partial charge in [0.25, 0.3) is 0 Å². The third kappa shape index (κ3) is 3.53.